The van der Waals surface area contributed by atoms with Crippen LogP contribution < -0.4 is 15.5 Å². The molecule has 0 radical (unpaired) electrons. The van der Waals surface area contributed by atoms with Crippen molar-refractivity contribution in [1.82, 2.24) is 4.57 Å². The van der Waals surface area contributed by atoms with Crippen molar-refractivity contribution in [3.05, 3.63) is 68.4 Å². The molecule has 6 heteroatoms. The Hall–Kier alpha value is -2.60. The number of carbonyl (C=O) groups is 1. The quantitative estimate of drug-likeness (QED) is 0.702. The van der Waals surface area contributed by atoms with Crippen LogP contribution in [0.2, 0.25) is 0 Å². The molecule has 2 aromatic carbocycles. The van der Waals surface area contributed by atoms with E-state index in [1.165, 1.54) is 0 Å². The lowest BCUT2D eigenvalue weighted by Gasteiger charge is -2.13. The molecule has 1 unspecified atom stereocenters. The molecular weight excluding hydrogens is 396 g/mol. The number of hydrogen-bond donors (Lipinski definition) is 1. The third-order valence-corrected chi connectivity index (χ3v) is 5.21. The second-order valence-corrected chi connectivity index (χ2v) is 7.39. The Balaban J connectivity index is 1.78. The number of benzene rings is 2. The molecular formula is C20H17BrN2O3. The average molecular weight is 413 g/mol. The molecule has 0 bridgehead atoms. The normalized spacial score (nSPS) is 15.3. The number of pyridine rings is 1. The second kappa shape index (κ2) is 6.29. The number of hydrogen-bond acceptors (Lipinski definition) is 3. The zero-order valence-corrected chi connectivity index (χ0v) is 16.0. The van der Waals surface area contributed by atoms with Crippen molar-refractivity contribution >= 4 is 38.4 Å². The van der Waals surface area contributed by atoms with E-state index in [1.54, 1.807) is 43.6 Å². The highest BCUT2D eigenvalue weighted by atomic mass is 79.9. The van der Waals surface area contributed by atoms with Gasteiger partial charge in [0.25, 0.3) is 5.91 Å². The molecule has 0 saturated carbocycles. The predicted molar refractivity (Wildman–Crippen MR) is 105 cm³/mol. The molecule has 1 atom stereocenters. The fourth-order valence-corrected chi connectivity index (χ4v) is 4.00. The summed E-state index contributed by atoms with van der Waals surface area (Å²) in [6.45, 7) is 2.09. The smallest absolute Gasteiger partial charge is 0.261 e. The van der Waals surface area contributed by atoms with E-state index in [-0.39, 0.29) is 17.0 Å². The maximum atomic E-state index is 12.9. The average Bonchev–Trinajstić information content (AvgIpc) is 2.93. The highest BCUT2D eigenvalue weighted by Crippen LogP contribution is 2.33. The summed E-state index contributed by atoms with van der Waals surface area (Å²) in [6.07, 6.45) is 2.53. The Kier molecular flexibility index (Phi) is 4.07. The summed E-state index contributed by atoms with van der Waals surface area (Å²) in [4.78, 5) is 25.7. The van der Waals surface area contributed by atoms with Crippen molar-refractivity contribution in [2.75, 3.05) is 12.4 Å². The van der Waals surface area contributed by atoms with Gasteiger partial charge < -0.3 is 14.6 Å². The third-order valence-electron chi connectivity index (χ3n) is 4.75. The van der Waals surface area contributed by atoms with Crippen molar-refractivity contribution in [2.45, 2.75) is 19.4 Å². The van der Waals surface area contributed by atoms with Gasteiger partial charge in [-0.2, -0.15) is 0 Å². The highest BCUT2D eigenvalue weighted by molar-refractivity contribution is 9.10. The molecule has 1 aliphatic rings. The lowest BCUT2D eigenvalue weighted by atomic mass is 10.1. The molecule has 1 aromatic heterocycles. The van der Waals surface area contributed by atoms with Crippen molar-refractivity contribution in [1.29, 1.82) is 0 Å². The maximum absolute atomic E-state index is 12.9. The molecule has 0 spiro atoms. The van der Waals surface area contributed by atoms with Gasteiger partial charge in [0.2, 0.25) is 5.43 Å². The molecule has 5 nitrogen and oxygen atoms in total. The van der Waals surface area contributed by atoms with Crippen LogP contribution in [-0.4, -0.2) is 17.6 Å². The van der Waals surface area contributed by atoms with E-state index in [9.17, 15) is 9.59 Å². The van der Waals surface area contributed by atoms with Gasteiger partial charge in [0.15, 0.2) is 0 Å². The number of nitrogens with one attached hydrogen (secondary N) is 1. The standard InChI is InChI=1S/C20H17BrN2O3/c1-11-7-12-8-13(21)9-16-18(12)23(11)10-17(19(16)24)20(25)22-14-3-5-15(26-2)6-4-14/h3-6,8-11H,7H2,1-2H3,(H,22,25). The number of amides is 1. The summed E-state index contributed by atoms with van der Waals surface area (Å²) in [7, 11) is 1.58. The zero-order chi connectivity index (χ0) is 18.4. The first-order valence-electron chi connectivity index (χ1n) is 8.30. The van der Waals surface area contributed by atoms with Gasteiger partial charge in [0, 0.05) is 27.8 Å². The van der Waals surface area contributed by atoms with Gasteiger partial charge in [-0.05, 0) is 55.3 Å². The molecule has 0 saturated heterocycles. The predicted octanol–water partition coefficient (Wildman–Crippen LogP) is 4.14. The number of ether oxygens (including phenoxy) is 1. The van der Waals surface area contributed by atoms with E-state index in [0.29, 0.717) is 16.8 Å². The first-order valence-corrected chi connectivity index (χ1v) is 9.10. The van der Waals surface area contributed by atoms with Crippen LogP contribution in [0.1, 0.15) is 28.9 Å². The summed E-state index contributed by atoms with van der Waals surface area (Å²) in [5, 5.41) is 3.36. The van der Waals surface area contributed by atoms with Gasteiger partial charge in [-0.1, -0.05) is 15.9 Å². The van der Waals surface area contributed by atoms with Crippen LogP contribution in [0.25, 0.3) is 10.9 Å². The summed E-state index contributed by atoms with van der Waals surface area (Å²) in [5.74, 6) is 0.291. The van der Waals surface area contributed by atoms with E-state index in [2.05, 4.69) is 28.2 Å². The lowest BCUT2D eigenvalue weighted by molar-refractivity contribution is 0.102. The van der Waals surface area contributed by atoms with Crippen molar-refractivity contribution in [3.63, 3.8) is 0 Å². The van der Waals surface area contributed by atoms with Gasteiger partial charge in [-0.25, -0.2) is 0 Å². The highest BCUT2D eigenvalue weighted by Gasteiger charge is 2.25. The molecule has 2 heterocycles. The van der Waals surface area contributed by atoms with Gasteiger partial charge in [0.05, 0.1) is 12.6 Å². The fourth-order valence-electron chi connectivity index (χ4n) is 3.50. The Morgan fingerprint density at radius 3 is 2.69 bits per heavy atom. The van der Waals surface area contributed by atoms with Crippen LogP contribution in [0.3, 0.4) is 0 Å². The Morgan fingerprint density at radius 2 is 2.00 bits per heavy atom. The minimum absolute atomic E-state index is 0.145. The number of halogens is 1. The van der Waals surface area contributed by atoms with Crippen molar-refractivity contribution in [2.24, 2.45) is 0 Å². The monoisotopic (exact) mass is 412 g/mol. The first kappa shape index (κ1) is 16.8. The van der Waals surface area contributed by atoms with Gasteiger partial charge in [-0.15, -0.1) is 0 Å². The Labute approximate surface area is 158 Å². The molecule has 0 aliphatic carbocycles. The Morgan fingerprint density at radius 1 is 1.27 bits per heavy atom. The number of carbonyl (C=O) groups excluding carboxylic acids is 1. The van der Waals surface area contributed by atoms with Crippen LogP contribution in [-0.2, 0) is 6.42 Å². The number of anilines is 1. The second-order valence-electron chi connectivity index (χ2n) is 6.48. The topological polar surface area (TPSA) is 60.3 Å². The Bertz CT molecular complexity index is 1090. The minimum Gasteiger partial charge on any atom is -0.497 e. The third kappa shape index (κ3) is 2.70. The van der Waals surface area contributed by atoms with Crippen molar-refractivity contribution in [3.8, 4) is 5.75 Å². The summed E-state index contributed by atoms with van der Waals surface area (Å²) in [5.41, 5.74) is 2.55. The van der Waals surface area contributed by atoms with Crippen molar-refractivity contribution < 1.29 is 9.53 Å². The van der Waals surface area contributed by atoms with Gasteiger partial charge in [-0.3, -0.25) is 9.59 Å². The molecule has 1 amide bonds. The molecule has 3 aromatic rings. The van der Waals surface area contributed by atoms with Gasteiger partial charge in [0.1, 0.15) is 11.3 Å². The largest absolute Gasteiger partial charge is 0.497 e. The number of aromatic nitrogens is 1. The number of nitrogens with zero attached hydrogens (tertiary/aromatic N) is 1. The maximum Gasteiger partial charge on any atom is 0.261 e. The molecule has 0 fully saturated rings. The number of methoxy groups -OCH3 is 1. The summed E-state index contributed by atoms with van der Waals surface area (Å²) in [6, 6.07) is 11.0. The van der Waals surface area contributed by atoms with Crippen LogP contribution in [0.15, 0.2) is 51.9 Å². The van der Waals surface area contributed by atoms with E-state index in [0.717, 1.165) is 22.0 Å². The lowest BCUT2D eigenvalue weighted by Crippen LogP contribution is -2.23. The summed E-state index contributed by atoms with van der Waals surface area (Å²) >= 11 is 3.47. The van der Waals surface area contributed by atoms with Crippen LogP contribution >= 0.6 is 15.9 Å². The molecule has 132 valence electrons. The molecule has 1 aliphatic heterocycles. The SMILES string of the molecule is COc1ccc(NC(=O)c2cn3c4c(cc(Br)cc4c2=O)CC3C)cc1. The number of rotatable bonds is 3. The van der Waals surface area contributed by atoms with E-state index in [1.807, 2.05) is 10.6 Å². The van der Waals surface area contributed by atoms with E-state index in [4.69, 9.17) is 4.74 Å². The van der Waals surface area contributed by atoms with E-state index >= 15 is 0 Å². The summed E-state index contributed by atoms with van der Waals surface area (Å²) < 4.78 is 8.00. The molecule has 1 N–H and O–H groups in total. The van der Waals surface area contributed by atoms with Crippen LogP contribution in [0.5, 0.6) is 5.75 Å². The van der Waals surface area contributed by atoms with Crippen LogP contribution in [0, 0.1) is 0 Å². The van der Waals surface area contributed by atoms with E-state index < -0.39 is 5.91 Å². The fraction of sp³-hybridized carbons (Fsp3) is 0.200. The first-order chi connectivity index (χ1) is 12.5. The van der Waals surface area contributed by atoms with Crippen LogP contribution in [0.4, 0.5) is 5.69 Å². The minimum atomic E-state index is -0.411. The van der Waals surface area contributed by atoms with Gasteiger partial charge >= 0.3 is 0 Å². The zero-order valence-electron chi connectivity index (χ0n) is 14.4. The molecule has 26 heavy (non-hydrogen) atoms. The molecule has 4 rings (SSSR count).